The van der Waals surface area contributed by atoms with E-state index in [4.69, 9.17) is 0 Å². The van der Waals surface area contributed by atoms with Gasteiger partial charge in [0.15, 0.2) is 0 Å². The van der Waals surface area contributed by atoms with Crippen LogP contribution in [-0.2, 0) is 4.79 Å². The molecule has 0 unspecified atom stereocenters. The summed E-state index contributed by atoms with van der Waals surface area (Å²) in [6.07, 6.45) is -4.65. The molecular formula is C10H16F3NO. The van der Waals surface area contributed by atoms with E-state index in [2.05, 4.69) is 6.58 Å². The van der Waals surface area contributed by atoms with Crippen molar-refractivity contribution in [3.8, 4) is 0 Å². The van der Waals surface area contributed by atoms with Crippen LogP contribution in [0.3, 0.4) is 0 Å². The fourth-order valence-corrected chi connectivity index (χ4v) is 1.34. The molecule has 0 saturated heterocycles. The average Bonchev–Trinajstić information content (AvgIpc) is 1.99. The second kappa shape index (κ2) is 4.68. The molecule has 0 aromatic heterocycles. The number of hydrogen-bond acceptors (Lipinski definition) is 1. The number of nitrogens with zero attached hydrogens (tertiary/aromatic N) is 1. The van der Waals surface area contributed by atoms with Crippen LogP contribution in [0.5, 0.6) is 0 Å². The number of carbonyl (C=O) groups is 1. The van der Waals surface area contributed by atoms with Crippen LogP contribution in [0.4, 0.5) is 13.2 Å². The third kappa shape index (κ3) is 3.57. The van der Waals surface area contributed by atoms with E-state index < -0.39 is 17.7 Å². The van der Waals surface area contributed by atoms with E-state index in [1.807, 2.05) is 0 Å². The summed E-state index contributed by atoms with van der Waals surface area (Å²) >= 11 is 0. The van der Waals surface area contributed by atoms with Crippen LogP contribution in [0.15, 0.2) is 12.2 Å². The summed E-state index contributed by atoms with van der Waals surface area (Å²) in [5, 5.41) is 0. The van der Waals surface area contributed by atoms with Gasteiger partial charge < -0.3 is 4.90 Å². The third-order valence-electron chi connectivity index (χ3n) is 1.95. The van der Waals surface area contributed by atoms with Crippen molar-refractivity contribution < 1.29 is 18.0 Å². The predicted molar refractivity (Wildman–Crippen MR) is 52.3 cm³/mol. The zero-order valence-electron chi connectivity index (χ0n) is 9.35. The van der Waals surface area contributed by atoms with Crippen molar-refractivity contribution in [2.24, 2.45) is 0 Å². The number of hydrogen-bond donors (Lipinski definition) is 0. The quantitative estimate of drug-likeness (QED) is 0.674. The molecule has 15 heavy (non-hydrogen) atoms. The lowest BCUT2D eigenvalue weighted by Gasteiger charge is -2.31. The van der Waals surface area contributed by atoms with Crippen LogP contribution in [0.2, 0.25) is 0 Å². The van der Waals surface area contributed by atoms with Crippen molar-refractivity contribution in [3.63, 3.8) is 0 Å². The van der Waals surface area contributed by atoms with Crippen molar-refractivity contribution in [1.82, 2.24) is 4.90 Å². The Morgan fingerprint density at radius 1 is 1.13 bits per heavy atom. The largest absolute Gasteiger partial charge is 0.421 e. The lowest BCUT2D eigenvalue weighted by Crippen LogP contribution is -2.44. The van der Waals surface area contributed by atoms with E-state index in [0.29, 0.717) is 0 Å². The van der Waals surface area contributed by atoms with Gasteiger partial charge in [0.1, 0.15) is 5.57 Å². The average molecular weight is 223 g/mol. The second-order valence-corrected chi connectivity index (χ2v) is 3.88. The molecule has 5 heteroatoms. The van der Waals surface area contributed by atoms with E-state index >= 15 is 0 Å². The van der Waals surface area contributed by atoms with Gasteiger partial charge in [-0.15, -0.1) is 0 Å². The molecule has 0 aromatic carbocycles. The molecule has 1 amide bonds. The Bertz CT molecular complexity index is 248. The first-order valence-corrected chi connectivity index (χ1v) is 4.67. The van der Waals surface area contributed by atoms with E-state index in [-0.39, 0.29) is 12.1 Å². The highest BCUT2D eigenvalue weighted by Crippen LogP contribution is 2.26. The Hall–Kier alpha value is -1.00. The molecule has 0 atom stereocenters. The van der Waals surface area contributed by atoms with Crippen molar-refractivity contribution in [1.29, 1.82) is 0 Å². The van der Waals surface area contributed by atoms with Gasteiger partial charge in [-0.25, -0.2) is 0 Å². The van der Waals surface area contributed by atoms with Crippen LogP contribution >= 0.6 is 0 Å². The highest BCUT2D eigenvalue weighted by molar-refractivity contribution is 5.94. The maximum absolute atomic E-state index is 12.2. The van der Waals surface area contributed by atoms with Gasteiger partial charge in [-0.05, 0) is 27.7 Å². The summed E-state index contributed by atoms with van der Waals surface area (Å²) in [5.74, 6) is -1.05. The minimum absolute atomic E-state index is 0.281. The van der Waals surface area contributed by atoms with E-state index in [1.165, 1.54) is 0 Å². The minimum atomic E-state index is -4.65. The molecule has 0 radical (unpaired) electrons. The lowest BCUT2D eigenvalue weighted by molar-refractivity contribution is -0.142. The summed E-state index contributed by atoms with van der Waals surface area (Å²) in [6.45, 7) is 9.47. The van der Waals surface area contributed by atoms with Crippen molar-refractivity contribution in [2.75, 3.05) is 0 Å². The maximum atomic E-state index is 12.2. The zero-order valence-corrected chi connectivity index (χ0v) is 9.35. The molecule has 0 fully saturated rings. The van der Waals surface area contributed by atoms with Crippen LogP contribution in [0, 0.1) is 0 Å². The van der Waals surface area contributed by atoms with Crippen LogP contribution in [0.1, 0.15) is 27.7 Å². The first-order valence-electron chi connectivity index (χ1n) is 4.67. The van der Waals surface area contributed by atoms with Gasteiger partial charge in [-0.1, -0.05) is 6.58 Å². The Morgan fingerprint density at radius 2 is 1.47 bits per heavy atom. The number of rotatable bonds is 3. The topological polar surface area (TPSA) is 20.3 Å². The highest BCUT2D eigenvalue weighted by atomic mass is 19.4. The molecule has 0 aliphatic rings. The number of halogens is 3. The molecule has 2 nitrogen and oxygen atoms in total. The molecule has 0 saturated carbocycles. The van der Waals surface area contributed by atoms with Crippen LogP contribution < -0.4 is 0 Å². The normalized spacial score (nSPS) is 12.1. The fraction of sp³-hybridized carbons (Fsp3) is 0.700. The van der Waals surface area contributed by atoms with Gasteiger partial charge in [0.25, 0.3) is 5.91 Å². The predicted octanol–water partition coefficient (Wildman–Crippen LogP) is 2.75. The highest BCUT2D eigenvalue weighted by Gasteiger charge is 2.39. The Morgan fingerprint density at radius 3 is 1.67 bits per heavy atom. The summed E-state index contributed by atoms with van der Waals surface area (Å²) in [7, 11) is 0. The smallest absolute Gasteiger partial charge is 0.334 e. The molecule has 0 aromatic rings. The molecule has 88 valence electrons. The zero-order chi connectivity index (χ0) is 12.4. The minimum Gasteiger partial charge on any atom is -0.334 e. The second-order valence-electron chi connectivity index (χ2n) is 3.88. The van der Waals surface area contributed by atoms with E-state index in [0.717, 1.165) is 4.90 Å². The Kier molecular flexibility index (Phi) is 4.37. The molecular weight excluding hydrogens is 207 g/mol. The molecule has 0 rings (SSSR count). The van der Waals surface area contributed by atoms with Gasteiger partial charge in [0.2, 0.25) is 0 Å². The van der Waals surface area contributed by atoms with Gasteiger partial charge in [-0.2, -0.15) is 13.2 Å². The molecule has 0 bridgehead atoms. The Balaban J connectivity index is 4.89. The summed E-state index contributed by atoms with van der Waals surface area (Å²) in [6, 6.07) is -0.562. The van der Waals surface area contributed by atoms with Crippen molar-refractivity contribution >= 4 is 5.91 Å². The van der Waals surface area contributed by atoms with E-state index in [1.54, 1.807) is 27.7 Å². The lowest BCUT2D eigenvalue weighted by atomic mass is 10.1. The monoisotopic (exact) mass is 223 g/mol. The molecule has 0 aliphatic heterocycles. The van der Waals surface area contributed by atoms with Gasteiger partial charge in [0.05, 0.1) is 0 Å². The summed E-state index contributed by atoms with van der Waals surface area (Å²) in [5.41, 5.74) is -1.31. The van der Waals surface area contributed by atoms with Crippen molar-refractivity contribution in [2.45, 2.75) is 46.0 Å². The van der Waals surface area contributed by atoms with Crippen LogP contribution in [-0.4, -0.2) is 29.1 Å². The molecule has 0 N–H and O–H groups in total. The fourth-order valence-electron chi connectivity index (χ4n) is 1.34. The third-order valence-corrected chi connectivity index (χ3v) is 1.95. The van der Waals surface area contributed by atoms with Gasteiger partial charge >= 0.3 is 6.18 Å². The molecule has 0 spiro atoms. The van der Waals surface area contributed by atoms with Crippen LogP contribution in [0.25, 0.3) is 0 Å². The molecule has 0 heterocycles. The SMILES string of the molecule is C=C(C(=O)N(C(C)C)C(C)C)C(F)(F)F. The number of alkyl halides is 3. The number of amides is 1. The maximum Gasteiger partial charge on any atom is 0.421 e. The molecule has 0 aliphatic carbocycles. The summed E-state index contributed by atoms with van der Waals surface area (Å²) in [4.78, 5) is 12.6. The Labute approximate surface area is 87.8 Å². The van der Waals surface area contributed by atoms with Gasteiger partial charge in [0, 0.05) is 12.1 Å². The first-order chi connectivity index (χ1) is 6.59. The van der Waals surface area contributed by atoms with Gasteiger partial charge in [-0.3, -0.25) is 4.79 Å². The van der Waals surface area contributed by atoms with Crippen molar-refractivity contribution in [3.05, 3.63) is 12.2 Å². The first kappa shape index (κ1) is 14.0. The standard InChI is InChI=1S/C10H16F3NO/c1-6(2)14(7(3)4)9(15)8(5)10(11,12)13/h6-7H,5H2,1-4H3. The summed E-state index contributed by atoms with van der Waals surface area (Å²) < 4.78 is 36.7. The van der Waals surface area contributed by atoms with E-state index in [9.17, 15) is 18.0 Å². The number of carbonyl (C=O) groups excluding carboxylic acids is 1.